The number of aromatic nitrogens is 1. The van der Waals surface area contributed by atoms with Crippen molar-refractivity contribution in [3.63, 3.8) is 0 Å². The molecule has 6 heteroatoms. The maximum absolute atomic E-state index is 12.0. The van der Waals surface area contributed by atoms with Crippen molar-refractivity contribution in [2.75, 3.05) is 32.1 Å². The van der Waals surface area contributed by atoms with Crippen LogP contribution in [0.5, 0.6) is 0 Å². The van der Waals surface area contributed by atoms with Crippen LogP contribution >= 0.6 is 11.6 Å². The zero-order valence-electron chi connectivity index (χ0n) is 13.7. The molecule has 0 spiro atoms. The molecule has 2 aliphatic heterocycles. The van der Waals surface area contributed by atoms with Gasteiger partial charge in [-0.15, -0.1) is 0 Å². The van der Waals surface area contributed by atoms with Gasteiger partial charge in [-0.25, -0.2) is 0 Å². The van der Waals surface area contributed by atoms with E-state index in [0.29, 0.717) is 10.9 Å². The Hall–Kier alpha value is -1.33. The molecule has 3 heterocycles. The van der Waals surface area contributed by atoms with E-state index in [1.807, 2.05) is 6.07 Å². The molecule has 2 saturated heterocycles. The molecule has 1 aromatic rings. The van der Waals surface area contributed by atoms with E-state index in [9.17, 15) is 4.79 Å². The third kappa shape index (κ3) is 3.61. The smallest absolute Gasteiger partial charge is 0.251 e. The highest BCUT2D eigenvalue weighted by Gasteiger charge is 2.37. The topological polar surface area (TPSA) is 45.7 Å². The minimum Gasteiger partial charge on any atom is -0.370 e. The second-order valence-electron chi connectivity index (χ2n) is 6.62. The van der Waals surface area contributed by atoms with Gasteiger partial charge in [0.05, 0.1) is 16.8 Å². The number of nitrogens with zero attached hydrogens (tertiary/aromatic N) is 3. The third-order valence-corrected chi connectivity index (χ3v) is 5.22. The molecule has 0 aromatic carbocycles. The van der Waals surface area contributed by atoms with E-state index >= 15 is 0 Å². The number of pyridine rings is 1. The summed E-state index contributed by atoms with van der Waals surface area (Å²) in [7, 11) is 3.58. The number of carbonyl (C=O) groups is 1. The average molecular weight is 338 g/mol. The summed E-state index contributed by atoms with van der Waals surface area (Å²) in [6.45, 7) is 1.95. The molecule has 0 unspecified atom stereocenters. The van der Waals surface area contributed by atoms with Crippen molar-refractivity contribution in [3.8, 4) is 0 Å². The Balaban J connectivity index is 1.54. The number of halogens is 1. The van der Waals surface area contributed by atoms with Crippen LogP contribution in [0.15, 0.2) is 18.5 Å². The van der Waals surface area contributed by atoms with Gasteiger partial charge >= 0.3 is 0 Å². The molecular formula is C17H24ClN3O2. The summed E-state index contributed by atoms with van der Waals surface area (Å²) < 4.78 is 6.04. The van der Waals surface area contributed by atoms with Gasteiger partial charge in [0.2, 0.25) is 0 Å². The van der Waals surface area contributed by atoms with Gasteiger partial charge in [0.15, 0.2) is 0 Å². The van der Waals surface area contributed by atoms with E-state index in [2.05, 4.69) is 9.88 Å². The number of carbonyl (C=O) groups excluding carboxylic acids is 1. The van der Waals surface area contributed by atoms with Crippen molar-refractivity contribution in [1.82, 2.24) is 9.88 Å². The van der Waals surface area contributed by atoms with Crippen molar-refractivity contribution in [3.05, 3.63) is 23.5 Å². The molecule has 0 radical (unpaired) electrons. The summed E-state index contributed by atoms with van der Waals surface area (Å²) in [6.07, 6.45) is 7.44. The van der Waals surface area contributed by atoms with E-state index in [1.54, 1.807) is 31.4 Å². The molecule has 0 bridgehead atoms. The first-order chi connectivity index (χ1) is 11.1. The first kappa shape index (κ1) is 16.5. The highest BCUT2D eigenvalue weighted by molar-refractivity contribution is 6.33. The van der Waals surface area contributed by atoms with Crippen molar-refractivity contribution < 1.29 is 9.53 Å². The SMILES string of the molecule is CN(C)C(=O)[C@H]1CC[C@@H](C2CCN(c3ccncc3Cl)CC2)O1. The molecule has 2 atom stereocenters. The van der Waals surface area contributed by atoms with E-state index in [0.717, 1.165) is 44.5 Å². The lowest BCUT2D eigenvalue weighted by molar-refractivity contribution is -0.141. The highest BCUT2D eigenvalue weighted by Crippen LogP contribution is 2.34. The molecule has 126 valence electrons. The van der Waals surface area contributed by atoms with E-state index in [1.165, 1.54) is 0 Å². The molecular weight excluding hydrogens is 314 g/mol. The van der Waals surface area contributed by atoms with Crippen LogP contribution in [-0.4, -0.2) is 55.2 Å². The van der Waals surface area contributed by atoms with Gasteiger partial charge in [-0.1, -0.05) is 11.6 Å². The Kier molecular flexibility index (Phi) is 5.07. The Morgan fingerprint density at radius 2 is 2.04 bits per heavy atom. The van der Waals surface area contributed by atoms with Crippen LogP contribution in [0.25, 0.3) is 0 Å². The molecule has 2 aliphatic rings. The Morgan fingerprint density at radius 3 is 2.70 bits per heavy atom. The summed E-state index contributed by atoms with van der Waals surface area (Å²) in [6, 6.07) is 1.97. The maximum atomic E-state index is 12.0. The van der Waals surface area contributed by atoms with Crippen LogP contribution in [0.1, 0.15) is 25.7 Å². The molecule has 5 nitrogen and oxygen atoms in total. The predicted molar refractivity (Wildman–Crippen MR) is 90.8 cm³/mol. The minimum atomic E-state index is -0.248. The fourth-order valence-electron chi connectivity index (χ4n) is 3.62. The van der Waals surface area contributed by atoms with Gasteiger partial charge in [0.25, 0.3) is 5.91 Å². The van der Waals surface area contributed by atoms with Gasteiger partial charge in [0, 0.05) is 39.6 Å². The second kappa shape index (κ2) is 7.05. The van der Waals surface area contributed by atoms with Gasteiger partial charge in [-0.2, -0.15) is 0 Å². The molecule has 0 N–H and O–H groups in total. The van der Waals surface area contributed by atoms with Crippen LogP contribution in [0.3, 0.4) is 0 Å². The summed E-state index contributed by atoms with van der Waals surface area (Å²) in [5.41, 5.74) is 1.06. The van der Waals surface area contributed by atoms with Gasteiger partial charge in [-0.3, -0.25) is 9.78 Å². The standard InChI is InChI=1S/C17H24ClN3O2/c1-20(2)17(22)16-4-3-15(23-16)12-6-9-21(10-7-12)14-5-8-19-11-13(14)18/h5,8,11-12,15-16H,3-4,6-7,9-10H2,1-2H3/t15-,16+/m0/s1. The fraction of sp³-hybridized carbons (Fsp3) is 0.647. The van der Waals surface area contributed by atoms with Crippen LogP contribution in [0.4, 0.5) is 5.69 Å². The molecule has 0 saturated carbocycles. The van der Waals surface area contributed by atoms with Crippen LogP contribution < -0.4 is 4.90 Å². The number of hydrogen-bond acceptors (Lipinski definition) is 4. The molecule has 1 aromatic heterocycles. The van der Waals surface area contributed by atoms with E-state index in [4.69, 9.17) is 16.3 Å². The zero-order chi connectivity index (χ0) is 16.4. The zero-order valence-corrected chi connectivity index (χ0v) is 14.5. The van der Waals surface area contributed by atoms with Gasteiger partial charge in [-0.05, 0) is 37.7 Å². The van der Waals surface area contributed by atoms with E-state index < -0.39 is 0 Å². The first-order valence-corrected chi connectivity index (χ1v) is 8.65. The molecule has 2 fully saturated rings. The number of rotatable bonds is 3. The van der Waals surface area contributed by atoms with Crippen LogP contribution in [0, 0.1) is 5.92 Å². The minimum absolute atomic E-state index is 0.0912. The summed E-state index contributed by atoms with van der Waals surface area (Å²) in [4.78, 5) is 20.0. The number of likely N-dealkylation sites (N-methyl/N-ethyl adjacent to an activating group) is 1. The third-order valence-electron chi connectivity index (χ3n) is 4.93. The average Bonchev–Trinajstić information content (AvgIpc) is 3.04. The molecule has 3 rings (SSSR count). The lowest BCUT2D eigenvalue weighted by Crippen LogP contribution is -2.39. The monoisotopic (exact) mass is 337 g/mol. The summed E-state index contributed by atoms with van der Waals surface area (Å²) >= 11 is 6.23. The lowest BCUT2D eigenvalue weighted by Gasteiger charge is -2.36. The Bertz CT molecular complexity index is 559. The maximum Gasteiger partial charge on any atom is 0.251 e. The Labute approximate surface area is 142 Å². The molecule has 1 amide bonds. The lowest BCUT2D eigenvalue weighted by atomic mass is 9.89. The highest BCUT2D eigenvalue weighted by atomic mass is 35.5. The van der Waals surface area contributed by atoms with Crippen LogP contribution in [-0.2, 0) is 9.53 Å². The first-order valence-electron chi connectivity index (χ1n) is 8.27. The second-order valence-corrected chi connectivity index (χ2v) is 7.03. The summed E-state index contributed by atoms with van der Waals surface area (Å²) in [5, 5.41) is 0.708. The fourth-order valence-corrected chi connectivity index (χ4v) is 3.85. The van der Waals surface area contributed by atoms with Crippen molar-refractivity contribution >= 4 is 23.2 Å². The van der Waals surface area contributed by atoms with Gasteiger partial charge in [0.1, 0.15) is 6.10 Å². The quantitative estimate of drug-likeness (QED) is 0.850. The number of ether oxygens (including phenoxy) is 1. The van der Waals surface area contributed by atoms with Crippen molar-refractivity contribution in [1.29, 1.82) is 0 Å². The Morgan fingerprint density at radius 1 is 1.30 bits per heavy atom. The number of anilines is 1. The van der Waals surface area contributed by atoms with E-state index in [-0.39, 0.29) is 18.1 Å². The molecule has 0 aliphatic carbocycles. The summed E-state index contributed by atoms with van der Waals surface area (Å²) in [5.74, 6) is 0.625. The predicted octanol–water partition coefficient (Wildman–Crippen LogP) is 2.59. The van der Waals surface area contributed by atoms with Crippen molar-refractivity contribution in [2.24, 2.45) is 5.92 Å². The van der Waals surface area contributed by atoms with Crippen molar-refractivity contribution in [2.45, 2.75) is 37.9 Å². The van der Waals surface area contributed by atoms with Crippen LogP contribution in [0.2, 0.25) is 5.02 Å². The number of amides is 1. The number of hydrogen-bond donors (Lipinski definition) is 0. The molecule has 23 heavy (non-hydrogen) atoms. The normalized spacial score (nSPS) is 25.6. The van der Waals surface area contributed by atoms with Gasteiger partial charge < -0.3 is 14.5 Å². The largest absolute Gasteiger partial charge is 0.370 e. The number of piperidine rings is 1.